The number of halogens is 1. The third-order valence-electron chi connectivity index (χ3n) is 4.73. The molecule has 1 saturated heterocycles. The molecule has 0 spiro atoms. The van der Waals surface area contributed by atoms with Gasteiger partial charge in [0.2, 0.25) is 0 Å². The van der Waals surface area contributed by atoms with Gasteiger partial charge in [0, 0.05) is 26.2 Å². The molecule has 0 atom stereocenters. The molecule has 0 amide bonds. The zero-order valence-electron chi connectivity index (χ0n) is 14.1. The van der Waals surface area contributed by atoms with Crippen molar-refractivity contribution in [3.05, 3.63) is 35.4 Å². The van der Waals surface area contributed by atoms with Crippen molar-refractivity contribution in [1.82, 2.24) is 15.5 Å². The highest BCUT2D eigenvalue weighted by Crippen LogP contribution is 2.19. The van der Waals surface area contributed by atoms with Gasteiger partial charge in [-0.05, 0) is 49.4 Å². The van der Waals surface area contributed by atoms with Crippen LogP contribution in [0.2, 0.25) is 0 Å². The predicted molar refractivity (Wildman–Crippen MR) is 107 cm³/mol. The SMILES string of the molecule is CC1CCN(Cc2ccccc2CNC2=NCCCN2)CC1.I. The van der Waals surface area contributed by atoms with Gasteiger partial charge in [0.25, 0.3) is 0 Å². The van der Waals surface area contributed by atoms with Crippen LogP contribution in [0.25, 0.3) is 0 Å². The van der Waals surface area contributed by atoms with Crippen LogP contribution in [0.3, 0.4) is 0 Å². The topological polar surface area (TPSA) is 39.7 Å². The highest BCUT2D eigenvalue weighted by molar-refractivity contribution is 14.0. The maximum Gasteiger partial charge on any atom is 0.191 e. The minimum absolute atomic E-state index is 0. The van der Waals surface area contributed by atoms with Crippen LogP contribution >= 0.6 is 24.0 Å². The predicted octanol–water partition coefficient (Wildman–Crippen LogP) is 2.98. The Kier molecular flexibility index (Phi) is 7.62. The average molecular weight is 428 g/mol. The second-order valence-corrected chi connectivity index (χ2v) is 6.59. The fourth-order valence-electron chi connectivity index (χ4n) is 3.18. The van der Waals surface area contributed by atoms with Crippen LogP contribution in [0.5, 0.6) is 0 Å². The van der Waals surface area contributed by atoms with Crippen molar-refractivity contribution >= 4 is 29.9 Å². The van der Waals surface area contributed by atoms with Crippen LogP contribution in [0.4, 0.5) is 0 Å². The van der Waals surface area contributed by atoms with E-state index in [0.29, 0.717) is 0 Å². The first kappa shape index (κ1) is 18.5. The molecule has 0 radical (unpaired) electrons. The number of nitrogens with one attached hydrogen (secondary N) is 2. The van der Waals surface area contributed by atoms with Gasteiger partial charge in [-0.3, -0.25) is 9.89 Å². The summed E-state index contributed by atoms with van der Waals surface area (Å²) in [7, 11) is 0. The quantitative estimate of drug-likeness (QED) is 0.725. The Morgan fingerprint density at radius 3 is 2.65 bits per heavy atom. The van der Waals surface area contributed by atoms with Crippen LogP contribution in [-0.4, -0.2) is 37.0 Å². The molecule has 2 heterocycles. The number of aliphatic imine (C=N–C) groups is 1. The van der Waals surface area contributed by atoms with E-state index in [0.717, 1.165) is 44.5 Å². The molecule has 1 aromatic rings. The third kappa shape index (κ3) is 5.64. The molecule has 3 rings (SSSR count). The Labute approximate surface area is 157 Å². The summed E-state index contributed by atoms with van der Waals surface area (Å²) < 4.78 is 0. The van der Waals surface area contributed by atoms with Gasteiger partial charge in [-0.2, -0.15) is 0 Å². The number of benzene rings is 1. The minimum Gasteiger partial charge on any atom is -0.356 e. The van der Waals surface area contributed by atoms with Crippen molar-refractivity contribution in [3.8, 4) is 0 Å². The summed E-state index contributed by atoms with van der Waals surface area (Å²) in [5.41, 5.74) is 2.83. The molecule has 0 aromatic heterocycles. The highest BCUT2D eigenvalue weighted by atomic mass is 127. The second-order valence-electron chi connectivity index (χ2n) is 6.59. The molecule has 5 heteroatoms. The molecular formula is C18H29IN4. The number of hydrogen-bond acceptors (Lipinski definition) is 4. The molecule has 2 N–H and O–H groups in total. The molecule has 128 valence electrons. The summed E-state index contributed by atoms with van der Waals surface area (Å²) in [6, 6.07) is 8.79. The maximum absolute atomic E-state index is 4.48. The molecule has 1 aromatic carbocycles. The van der Waals surface area contributed by atoms with Crippen molar-refractivity contribution in [3.63, 3.8) is 0 Å². The van der Waals surface area contributed by atoms with Crippen LogP contribution in [0.15, 0.2) is 29.3 Å². The average Bonchev–Trinajstić information content (AvgIpc) is 2.57. The highest BCUT2D eigenvalue weighted by Gasteiger charge is 2.16. The molecule has 4 nitrogen and oxygen atoms in total. The lowest BCUT2D eigenvalue weighted by Gasteiger charge is -2.30. The lowest BCUT2D eigenvalue weighted by atomic mass is 9.98. The lowest BCUT2D eigenvalue weighted by Crippen LogP contribution is -2.40. The number of piperidine rings is 1. The summed E-state index contributed by atoms with van der Waals surface area (Å²) in [5.74, 6) is 1.84. The zero-order chi connectivity index (χ0) is 15.2. The number of likely N-dealkylation sites (tertiary alicyclic amines) is 1. The van der Waals surface area contributed by atoms with Crippen LogP contribution in [-0.2, 0) is 13.1 Å². The molecule has 23 heavy (non-hydrogen) atoms. The monoisotopic (exact) mass is 428 g/mol. The van der Waals surface area contributed by atoms with E-state index in [1.807, 2.05) is 0 Å². The van der Waals surface area contributed by atoms with Crippen LogP contribution < -0.4 is 10.6 Å². The van der Waals surface area contributed by atoms with E-state index < -0.39 is 0 Å². The van der Waals surface area contributed by atoms with Crippen molar-refractivity contribution < 1.29 is 0 Å². The normalized spacial score (nSPS) is 19.4. The molecule has 0 unspecified atom stereocenters. The second kappa shape index (κ2) is 9.47. The van der Waals surface area contributed by atoms with Gasteiger partial charge in [0.05, 0.1) is 0 Å². The van der Waals surface area contributed by atoms with E-state index in [1.165, 1.54) is 37.1 Å². The van der Waals surface area contributed by atoms with E-state index in [9.17, 15) is 0 Å². The van der Waals surface area contributed by atoms with Crippen LogP contribution in [0, 0.1) is 5.92 Å². The standard InChI is InChI=1S/C18H28N4.HI/c1-15-7-11-22(12-8-15)14-17-6-3-2-5-16(17)13-21-18-19-9-4-10-20-18;/h2-3,5-6,15H,4,7-14H2,1H3,(H2,19,20,21);1H. The molecule has 2 aliphatic rings. The Morgan fingerprint density at radius 2 is 1.96 bits per heavy atom. The molecule has 0 bridgehead atoms. The van der Waals surface area contributed by atoms with E-state index in [4.69, 9.17) is 0 Å². The van der Waals surface area contributed by atoms with E-state index in [2.05, 4.69) is 51.7 Å². The fraction of sp³-hybridized carbons (Fsp3) is 0.611. The van der Waals surface area contributed by atoms with Crippen molar-refractivity contribution in [2.75, 3.05) is 26.2 Å². The first-order valence-corrected chi connectivity index (χ1v) is 8.62. The van der Waals surface area contributed by atoms with Crippen LogP contribution in [0.1, 0.15) is 37.3 Å². The molecule has 2 aliphatic heterocycles. The van der Waals surface area contributed by atoms with Crippen molar-refractivity contribution in [2.45, 2.75) is 39.3 Å². The van der Waals surface area contributed by atoms with Gasteiger partial charge in [0.1, 0.15) is 0 Å². The largest absolute Gasteiger partial charge is 0.356 e. The van der Waals surface area contributed by atoms with Gasteiger partial charge in [-0.25, -0.2) is 0 Å². The Balaban J connectivity index is 0.00000192. The van der Waals surface area contributed by atoms with Gasteiger partial charge < -0.3 is 10.6 Å². The number of hydrogen-bond donors (Lipinski definition) is 2. The van der Waals surface area contributed by atoms with E-state index >= 15 is 0 Å². The molecule has 1 fully saturated rings. The van der Waals surface area contributed by atoms with Gasteiger partial charge in [-0.15, -0.1) is 24.0 Å². The lowest BCUT2D eigenvalue weighted by molar-refractivity contribution is 0.185. The summed E-state index contributed by atoms with van der Waals surface area (Å²) >= 11 is 0. The summed E-state index contributed by atoms with van der Waals surface area (Å²) in [5, 5.41) is 6.77. The fourth-order valence-corrected chi connectivity index (χ4v) is 3.18. The first-order valence-electron chi connectivity index (χ1n) is 8.62. The summed E-state index contributed by atoms with van der Waals surface area (Å²) in [6.07, 6.45) is 3.80. The van der Waals surface area contributed by atoms with Gasteiger partial charge in [-0.1, -0.05) is 31.2 Å². The molecule has 0 saturated carbocycles. The van der Waals surface area contributed by atoms with E-state index in [-0.39, 0.29) is 24.0 Å². The smallest absolute Gasteiger partial charge is 0.191 e. The molecule has 0 aliphatic carbocycles. The number of nitrogens with zero attached hydrogens (tertiary/aromatic N) is 2. The minimum atomic E-state index is 0. The van der Waals surface area contributed by atoms with Crippen molar-refractivity contribution in [2.24, 2.45) is 10.9 Å². The first-order chi connectivity index (χ1) is 10.8. The Hall–Kier alpha value is -0.820. The Bertz CT molecular complexity index is 509. The van der Waals surface area contributed by atoms with E-state index in [1.54, 1.807) is 0 Å². The van der Waals surface area contributed by atoms with Gasteiger partial charge >= 0.3 is 0 Å². The number of guanidine groups is 1. The summed E-state index contributed by atoms with van der Waals surface area (Å²) in [4.78, 5) is 7.07. The molecular weight excluding hydrogens is 399 g/mol. The number of rotatable bonds is 4. The van der Waals surface area contributed by atoms with Crippen molar-refractivity contribution in [1.29, 1.82) is 0 Å². The Morgan fingerprint density at radius 1 is 1.22 bits per heavy atom. The van der Waals surface area contributed by atoms with Gasteiger partial charge in [0.15, 0.2) is 5.96 Å². The third-order valence-corrected chi connectivity index (χ3v) is 4.73. The maximum atomic E-state index is 4.48. The summed E-state index contributed by atoms with van der Waals surface area (Å²) in [6.45, 7) is 8.72. The zero-order valence-corrected chi connectivity index (χ0v) is 16.4.